The van der Waals surface area contributed by atoms with E-state index in [4.69, 9.17) is 0 Å². The van der Waals surface area contributed by atoms with Crippen molar-refractivity contribution in [2.45, 2.75) is 6.42 Å². The number of thiocarbonyl (C=S) groups is 1. The molecule has 0 amide bonds. The summed E-state index contributed by atoms with van der Waals surface area (Å²) in [5, 5.41) is 3.35. The molecule has 0 aromatic heterocycles. The zero-order valence-electron chi connectivity index (χ0n) is 7.61. The summed E-state index contributed by atoms with van der Waals surface area (Å²) in [6, 6.07) is 7.85. The third-order valence-corrected chi connectivity index (χ3v) is 2.23. The van der Waals surface area contributed by atoms with Gasteiger partial charge in [0.2, 0.25) is 0 Å². The number of halogens is 1. The minimum Gasteiger partial charge on any atom is -0.194 e. The van der Waals surface area contributed by atoms with Crippen molar-refractivity contribution in [1.29, 1.82) is 0 Å². The highest BCUT2D eigenvalue weighted by molar-refractivity contribution is 9.09. The van der Waals surface area contributed by atoms with Gasteiger partial charge in [0, 0.05) is 10.9 Å². The van der Waals surface area contributed by atoms with Crippen molar-refractivity contribution in [1.82, 2.24) is 0 Å². The highest BCUT2D eigenvalue weighted by Gasteiger charge is 1.93. The highest BCUT2D eigenvalue weighted by Crippen LogP contribution is 2.19. The summed E-state index contributed by atoms with van der Waals surface area (Å²) in [6.07, 6.45) is 5.16. The van der Waals surface area contributed by atoms with Gasteiger partial charge in [0.05, 0.1) is 10.8 Å². The van der Waals surface area contributed by atoms with Gasteiger partial charge in [-0.2, -0.15) is 4.99 Å². The number of para-hydroxylation sites is 1. The summed E-state index contributed by atoms with van der Waals surface area (Å²) in [4.78, 5) is 3.99. The van der Waals surface area contributed by atoms with E-state index in [9.17, 15) is 0 Å². The quantitative estimate of drug-likeness (QED) is 0.452. The van der Waals surface area contributed by atoms with Gasteiger partial charge < -0.3 is 0 Å². The lowest BCUT2D eigenvalue weighted by Gasteiger charge is -1.97. The molecule has 0 saturated carbocycles. The van der Waals surface area contributed by atoms with E-state index in [1.165, 1.54) is 0 Å². The van der Waals surface area contributed by atoms with E-state index in [2.05, 4.69) is 44.4 Å². The summed E-state index contributed by atoms with van der Waals surface area (Å²) < 4.78 is 0. The SMILES string of the molecule is S=C=Nc1ccccc1C=CCCBr. The molecular weight excluding hydrogens is 258 g/mol. The lowest BCUT2D eigenvalue weighted by molar-refractivity contribution is 1.27. The molecule has 0 unspecified atom stereocenters. The molecule has 0 radical (unpaired) electrons. The van der Waals surface area contributed by atoms with Crippen molar-refractivity contribution in [3.05, 3.63) is 35.9 Å². The van der Waals surface area contributed by atoms with Crippen molar-refractivity contribution >= 4 is 45.1 Å². The van der Waals surface area contributed by atoms with Crippen LogP contribution in [0, 0.1) is 0 Å². The van der Waals surface area contributed by atoms with Crippen LogP contribution >= 0.6 is 28.1 Å². The molecule has 0 aliphatic rings. The van der Waals surface area contributed by atoms with Gasteiger partial charge >= 0.3 is 0 Å². The highest BCUT2D eigenvalue weighted by atomic mass is 79.9. The first kappa shape index (κ1) is 11.3. The molecule has 0 atom stereocenters. The molecule has 0 heterocycles. The first-order valence-corrected chi connectivity index (χ1v) is 5.81. The number of isothiocyanates is 1. The van der Waals surface area contributed by atoms with Crippen LogP contribution in [0.3, 0.4) is 0 Å². The van der Waals surface area contributed by atoms with E-state index in [0.717, 1.165) is 23.0 Å². The van der Waals surface area contributed by atoms with Gasteiger partial charge in [-0.3, -0.25) is 0 Å². The second-order valence-electron chi connectivity index (χ2n) is 2.64. The fourth-order valence-corrected chi connectivity index (χ4v) is 1.42. The van der Waals surface area contributed by atoms with Gasteiger partial charge in [0.1, 0.15) is 0 Å². The summed E-state index contributed by atoms with van der Waals surface area (Å²) in [7, 11) is 0. The number of alkyl halides is 1. The van der Waals surface area contributed by atoms with Crippen molar-refractivity contribution in [3.63, 3.8) is 0 Å². The molecule has 14 heavy (non-hydrogen) atoms. The molecule has 1 rings (SSSR count). The van der Waals surface area contributed by atoms with Crippen LogP contribution in [0.1, 0.15) is 12.0 Å². The standard InChI is InChI=1S/C11H10BrNS/c12-8-4-3-6-10-5-1-2-7-11(10)13-9-14/h1-3,5-7H,4,8H2. The van der Waals surface area contributed by atoms with E-state index in [1.54, 1.807) is 0 Å². The van der Waals surface area contributed by atoms with Crippen LogP contribution in [-0.4, -0.2) is 10.5 Å². The maximum Gasteiger partial charge on any atom is 0.0811 e. The number of hydrogen-bond acceptors (Lipinski definition) is 2. The topological polar surface area (TPSA) is 12.4 Å². The molecule has 0 saturated heterocycles. The van der Waals surface area contributed by atoms with Gasteiger partial charge in [0.15, 0.2) is 0 Å². The molecule has 1 nitrogen and oxygen atoms in total. The normalized spacial score (nSPS) is 10.1. The smallest absolute Gasteiger partial charge is 0.0811 e. The molecule has 1 aromatic carbocycles. The molecule has 0 bridgehead atoms. The van der Waals surface area contributed by atoms with E-state index >= 15 is 0 Å². The van der Waals surface area contributed by atoms with Crippen LogP contribution < -0.4 is 0 Å². The minimum atomic E-state index is 0.869. The Kier molecular flexibility index (Phi) is 5.38. The van der Waals surface area contributed by atoms with Crippen LogP contribution in [0.25, 0.3) is 6.08 Å². The van der Waals surface area contributed by atoms with Crippen LogP contribution in [0.2, 0.25) is 0 Å². The van der Waals surface area contributed by atoms with Gasteiger partial charge in [-0.25, -0.2) is 0 Å². The first-order chi connectivity index (χ1) is 6.88. The van der Waals surface area contributed by atoms with Crippen molar-refractivity contribution < 1.29 is 0 Å². The Morgan fingerprint density at radius 1 is 1.43 bits per heavy atom. The number of rotatable bonds is 4. The van der Waals surface area contributed by atoms with Crippen molar-refractivity contribution in [2.75, 3.05) is 5.33 Å². The molecule has 0 aliphatic carbocycles. The summed E-state index contributed by atoms with van der Waals surface area (Å²) >= 11 is 7.95. The molecule has 72 valence electrons. The lowest BCUT2D eigenvalue weighted by Crippen LogP contribution is -1.73. The Balaban J connectivity index is 2.89. The number of aliphatic imine (C=N–C) groups is 1. The van der Waals surface area contributed by atoms with E-state index in [1.807, 2.05) is 30.3 Å². The minimum absolute atomic E-state index is 0.869. The summed E-state index contributed by atoms with van der Waals surface area (Å²) in [5.74, 6) is 0. The molecule has 0 fully saturated rings. The number of allylic oxidation sites excluding steroid dienone is 1. The van der Waals surface area contributed by atoms with E-state index in [0.29, 0.717) is 0 Å². The Bertz CT molecular complexity index is 367. The molecule has 1 aromatic rings. The van der Waals surface area contributed by atoms with Gasteiger partial charge in [-0.15, -0.1) is 0 Å². The third-order valence-electron chi connectivity index (χ3n) is 1.68. The maximum atomic E-state index is 4.58. The second kappa shape index (κ2) is 6.66. The largest absolute Gasteiger partial charge is 0.194 e. The predicted octanol–water partition coefficient (Wildman–Crippen LogP) is 4.22. The van der Waals surface area contributed by atoms with Crippen LogP contribution in [0.4, 0.5) is 5.69 Å². The first-order valence-electron chi connectivity index (χ1n) is 4.28. The second-order valence-corrected chi connectivity index (χ2v) is 3.62. The molecular formula is C11H10BrNS. The summed E-state index contributed by atoms with van der Waals surface area (Å²) in [6.45, 7) is 0. The van der Waals surface area contributed by atoms with Crippen LogP contribution in [0.15, 0.2) is 35.3 Å². The molecule has 0 aliphatic heterocycles. The number of nitrogens with zero attached hydrogens (tertiary/aromatic N) is 1. The molecule has 3 heteroatoms. The number of benzene rings is 1. The average Bonchev–Trinajstić information content (AvgIpc) is 2.21. The van der Waals surface area contributed by atoms with Crippen LogP contribution in [0.5, 0.6) is 0 Å². The zero-order chi connectivity index (χ0) is 10.2. The lowest BCUT2D eigenvalue weighted by atomic mass is 10.1. The average molecular weight is 268 g/mol. The fourth-order valence-electron chi connectivity index (χ4n) is 1.05. The Hall–Kier alpha value is -0.760. The molecule has 0 spiro atoms. The third kappa shape index (κ3) is 3.54. The molecule has 0 N–H and O–H groups in total. The van der Waals surface area contributed by atoms with Gasteiger partial charge in [0.25, 0.3) is 0 Å². The Morgan fingerprint density at radius 2 is 2.21 bits per heavy atom. The maximum absolute atomic E-state index is 4.58. The van der Waals surface area contributed by atoms with Gasteiger partial charge in [-0.1, -0.05) is 46.3 Å². The Morgan fingerprint density at radius 3 is 2.93 bits per heavy atom. The fraction of sp³-hybridized carbons (Fsp3) is 0.182. The van der Waals surface area contributed by atoms with E-state index < -0.39 is 0 Å². The summed E-state index contributed by atoms with van der Waals surface area (Å²) in [5.41, 5.74) is 1.94. The van der Waals surface area contributed by atoms with Crippen LogP contribution in [-0.2, 0) is 0 Å². The zero-order valence-corrected chi connectivity index (χ0v) is 10.0. The van der Waals surface area contributed by atoms with E-state index in [-0.39, 0.29) is 0 Å². The monoisotopic (exact) mass is 267 g/mol. The van der Waals surface area contributed by atoms with Crippen molar-refractivity contribution in [3.8, 4) is 0 Å². The Labute approximate surface area is 97.7 Å². The van der Waals surface area contributed by atoms with Crippen molar-refractivity contribution in [2.24, 2.45) is 4.99 Å². The number of hydrogen-bond donors (Lipinski definition) is 0. The predicted molar refractivity (Wildman–Crippen MR) is 68.6 cm³/mol. The van der Waals surface area contributed by atoms with Gasteiger partial charge in [-0.05, 0) is 24.7 Å².